The van der Waals surface area contributed by atoms with Gasteiger partial charge in [0.25, 0.3) is 0 Å². The highest BCUT2D eigenvalue weighted by Crippen LogP contribution is 2.26. The number of benzene rings is 1. The van der Waals surface area contributed by atoms with E-state index < -0.39 is 5.97 Å². The molecule has 9 nitrogen and oxygen atoms in total. The van der Waals surface area contributed by atoms with Crippen LogP contribution in [0.3, 0.4) is 0 Å². The molecule has 29 heavy (non-hydrogen) atoms. The van der Waals surface area contributed by atoms with E-state index in [1.54, 1.807) is 24.5 Å². The van der Waals surface area contributed by atoms with E-state index in [2.05, 4.69) is 20.2 Å². The van der Waals surface area contributed by atoms with Gasteiger partial charge in [0.1, 0.15) is 6.07 Å². The molecule has 0 bridgehead atoms. The summed E-state index contributed by atoms with van der Waals surface area (Å²) in [5, 5.41) is 16.4. The van der Waals surface area contributed by atoms with E-state index in [1.807, 2.05) is 30.3 Å². The smallest absolute Gasteiger partial charge is 0.357 e. The van der Waals surface area contributed by atoms with Crippen molar-refractivity contribution >= 4 is 11.7 Å². The summed E-state index contributed by atoms with van der Waals surface area (Å²) in [6, 6.07) is 12.9. The summed E-state index contributed by atoms with van der Waals surface area (Å²) in [6.07, 6.45) is 4.88. The van der Waals surface area contributed by atoms with Crippen LogP contribution in [0, 0.1) is 11.3 Å². The summed E-state index contributed by atoms with van der Waals surface area (Å²) in [6.45, 7) is 0. The molecule has 0 unspecified atom stereocenters. The highest BCUT2D eigenvalue weighted by Gasteiger charge is 2.21. The summed E-state index contributed by atoms with van der Waals surface area (Å²) < 4.78 is 6.33. The number of hydrogen-bond donors (Lipinski definition) is 2. The fourth-order valence-corrected chi connectivity index (χ4v) is 2.91. The monoisotopic (exact) mass is 385 g/mol. The van der Waals surface area contributed by atoms with E-state index in [-0.39, 0.29) is 16.9 Å². The zero-order valence-electron chi connectivity index (χ0n) is 15.3. The summed E-state index contributed by atoms with van der Waals surface area (Å²) in [4.78, 5) is 20.7. The molecule has 0 aliphatic heterocycles. The van der Waals surface area contributed by atoms with Gasteiger partial charge in [-0.05, 0) is 36.4 Å². The van der Waals surface area contributed by atoms with E-state index in [0.717, 1.165) is 11.1 Å². The number of aromatic nitrogens is 5. The molecule has 3 heterocycles. The van der Waals surface area contributed by atoms with Crippen molar-refractivity contribution in [2.24, 2.45) is 0 Å². The molecule has 0 saturated carbocycles. The molecule has 0 saturated heterocycles. The number of nitrogens with one attached hydrogen (secondary N) is 1. The number of carbonyl (C=O) groups is 1. The van der Waals surface area contributed by atoms with Crippen LogP contribution in [0.4, 0.5) is 5.69 Å². The summed E-state index contributed by atoms with van der Waals surface area (Å²) in [7, 11) is 1.26. The maximum atomic E-state index is 12.1. The van der Waals surface area contributed by atoms with Crippen LogP contribution in [-0.4, -0.2) is 37.8 Å². The molecule has 0 radical (unpaired) electrons. The number of H-pyrrole nitrogens is 1. The van der Waals surface area contributed by atoms with Crippen molar-refractivity contribution in [3.8, 4) is 34.5 Å². The number of carbonyl (C=O) groups excluding carboxylic acids is 1. The molecule has 0 atom stereocenters. The lowest BCUT2D eigenvalue weighted by molar-refractivity contribution is 0.0593. The van der Waals surface area contributed by atoms with Crippen molar-refractivity contribution in [2.45, 2.75) is 0 Å². The maximum absolute atomic E-state index is 12.1. The predicted octanol–water partition coefficient (Wildman–Crippen LogP) is 2.56. The normalized spacial score (nSPS) is 10.5. The number of esters is 1. The van der Waals surface area contributed by atoms with Crippen LogP contribution in [0.25, 0.3) is 28.5 Å². The number of aromatic amines is 1. The second kappa shape index (κ2) is 7.28. The second-order valence-electron chi connectivity index (χ2n) is 6.07. The first kappa shape index (κ1) is 17.9. The van der Waals surface area contributed by atoms with Crippen molar-refractivity contribution in [2.75, 3.05) is 12.8 Å². The minimum atomic E-state index is -0.621. The van der Waals surface area contributed by atoms with Gasteiger partial charge in [0.15, 0.2) is 17.3 Å². The standard InChI is InChI=1S/C20H15N7O2/c1-29-20(28)17-16(22)14(9-21)11-27(17)15-6-4-12(5-7-15)18-24-19(26-25-18)13-3-2-8-23-10-13/h2-8,10-11H,22H2,1H3,(H,24,25,26). The number of hydrogen-bond acceptors (Lipinski definition) is 7. The Morgan fingerprint density at radius 1 is 1.24 bits per heavy atom. The van der Waals surface area contributed by atoms with Crippen molar-refractivity contribution < 1.29 is 9.53 Å². The maximum Gasteiger partial charge on any atom is 0.357 e. The molecule has 142 valence electrons. The summed E-state index contributed by atoms with van der Waals surface area (Å²) >= 11 is 0. The van der Waals surface area contributed by atoms with Gasteiger partial charge in [-0.1, -0.05) is 0 Å². The van der Waals surface area contributed by atoms with Gasteiger partial charge in [-0.3, -0.25) is 10.1 Å². The van der Waals surface area contributed by atoms with Crippen molar-refractivity contribution in [3.63, 3.8) is 0 Å². The van der Waals surface area contributed by atoms with Gasteiger partial charge >= 0.3 is 5.97 Å². The Bertz CT molecular complexity index is 1220. The minimum absolute atomic E-state index is 0.0831. The van der Waals surface area contributed by atoms with Gasteiger partial charge in [0, 0.05) is 35.4 Å². The lowest BCUT2D eigenvalue weighted by Crippen LogP contribution is -2.11. The van der Waals surface area contributed by atoms with Gasteiger partial charge in [0.2, 0.25) is 0 Å². The number of ether oxygens (including phenoxy) is 1. The van der Waals surface area contributed by atoms with Crippen LogP contribution < -0.4 is 5.73 Å². The molecule has 0 aliphatic carbocycles. The van der Waals surface area contributed by atoms with Crippen LogP contribution in [0.15, 0.2) is 55.0 Å². The zero-order chi connectivity index (χ0) is 20.4. The van der Waals surface area contributed by atoms with Crippen LogP contribution in [-0.2, 0) is 4.74 Å². The number of anilines is 1. The Hall–Kier alpha value is -4.45. The Balaban J connectivity index is 1.69. The zero-order valence-corrected chi connectivity index (χ0v) is 15.3. The minimum Gasteiger partial charge on any atom is -0.464 e. The van der Waals surface area contributed by atoms with Crippen molar-refractivity contribution in [3.05, 3.63) is 66.2 Å². The molecule has 9 heteroatoms. The lowest BCUT2D eigenvalue weighted by atomic mass is 10.2. The third-order valence-electron chi connectivity index (χ3n) is 4.37. The molecule has 3 N–H and O–H groups in total. The van der Waals surface area contributed by atoms with Crippen LogP contribution in [0.5, 0.6) is 0 Å². The molecular weight excluding hydrogens is 370 g/mol. The van der Waals surface area contributed by atoms with E-state index in [9.17, 15) is 10.1 Å². The number of nitrogens with zero attached hydrogens (tertiary/aromatic N) is 5. The van der Waals surface area contributed by atoms with Crippen LogP contribution in [0.2, 0.25) is 0 Å². The number of nitriles is 1. The number of nitrogen functional groups attached to an aromatic ring is 1. The fourth-order valence-electron chi connectivity index (χ4n) is 2.91. The summed E-state index contributed by atoms with van der Waals surface area (Å²) in [5.74, 6) is 0.514. The first-order chi connectivity index (χ1) is 14.1. The molecule has 3 aromatic heterocycles. The molecule has 0 fully saturated rings. The van der Waals surface area contributed by atoms with Gasteiger partial charge in [-0.2, -0.15) is 10.4 Å². The van der Waals surface area contributed by atoms with E-state index in [1.165, 1.54) is 17.9 Å². The quantitative estimate of drug-likeness (QED) is 0.515. The molecular formula is C20H15N7O2. The third kappa shape index (κ3) is 3.19. The van der Waals surface area contributed by atoms with Crippen LogP contribution in [0.1, 0.15) is 16.1 Å². The molecule has 0 amide bonds. The van der Waals surface area contributed by atoms with Gasteiger partial charge in [-0.25, -0.2) is 9.78 Å². The highest BCUT2D eigenvalue weighted by molar-refractivity contribution is 5.96. The second-order valence-corrected chi connectivity index (χ2v) is 6.07. The Labute approximate surface area is 165 Å². The number of nitrogens with two attached hydrogens (primary N) is 1. The fraction of sp³-hybridized carbons (Fsp3) is 0.0500. The largest absolute Gasteiger partial charge is 0.464 e. The molecule has 4 rings (SSSR count). The Morgan fingerprint density at radius 3 is 2.69 bits per heavy atom. The van der Waals surface area contributed by atoms with Crippen molar-refractivity contribution in [1.29, 1.82) is 5.26 Å². The van der Waals surface area contributed by atoms with Crippen LogP contribution >= 0.6 is 0 Å². The molecule has 4 aromatic rings. The van der Waals surface area contributed by atoms with E-state index in [4.69, 9.17) is 10.5 Å². The van der Waals surface area contributed by atoms with Gasteiger partial charge < -0.3 is 15.0 Å². The first-order valence-corrected chi connectivity index (χ1v) is 8.55. The Kier molecular flexibility index (Phi) is 4.50. The molecule has 0 spiro atoms. The average molecular weight is 385 g/mol. The van der Waals surface area contributed by atoms with E-state index >= 15 is 0 Å². The summed E-state index contributed by atoms with van der Waals surface area (Å²) in [5.41, 5.74) is 8.58. The number of rotatable bonds is 4. The Morgan fingerprint density at radius 2 is 2.03 bits per heavy atom. The van der Waals surface area contributed by atoms with Gasteiger partial charge in [-0.15, -0.1) is 0 Å². The molecule has 1 aromatic carbocycles. The average Bonchev–Trinajstić information content (AvgIpc) is 3.39. The topological polar surface area (TPSA) is 136 Å². The molecule has 0 aliphatic rings. The predicted molar refractivity (Wildman–Crippen MR) is 105 cm³/mol. The van der Waals surface area contributed by atoms with Gasteiger partial charge in [0.05, 0.1) is 18.4 Å². The first-order valence-electron chi connectivity index (χ1n) is 8.55. The van der Waals surface area contributed by atoms with E-state index in [0.29, 0.717) is 17.3 Å². The lowest BCUT2D eigenvalue weighted by Gasteiger charge is -2.09. The number of pyridine rings is 1. The van der Waals surface area contributed by atoms with Crippen molar-refractivity contribution in [1.82, 2.24) is 24.7 Å². The highest BCUT2D eigenvalue weighted by atomic mass is 16.5. The number of methoxy groups -OCH3 is 1. The third-order valence-corrected chi connectivity index (χ3v) is 4.37. The SMILES string of the molecule is COC(=O)c1c(N)c(C#N)cn1-c1ccc(-c2nc(-c3cccnc3)n[nH]2)cc1.